The Kier molecular flexibility index (Phi) is 14.9. The monoisotopic (exact) mass is 550 g/mol. The van der Waals surface area contributed by atoms with Crippen LogP contribution in [0.15, 0.2) is 79.9 Å². The van der Waals surface area contributed by atoms with E-state index in [0.29, 0.717) is 32.3 Å². The van der Waals surface area contributed by atoms with Crippen LogP contribution < -0.4 is 15.4 Å². The minimum atomic E-state index is -0.631. The van der Waals surface area contributed by atoms with Crippen molar-refractivity contribution in [1.29, 1.82) is 0 Å². The number of carbonyl (C=O) groups is 3. The summed E-state index contributed by atoms with van der Waals surface area (Å²) in [5, 5.41) is 15.4. The normalized spacial score (nSPS) is 12.8. The first kappa shape index (κ1) is 32.3. The molecule has 0 bridgehead atoms. The van der Waals surface area contributed by atoms with Gasteiger partial charge >= 0.3 is 5.97 Å². The molecular formula is C32H42N2O6. The molecule has 0 unspecified atom stereocenters. The van der Waals surface area contributed by atoms with Gasteiger partial charge in [-0.25, -0.2) is 0 Å². The van der Waals surface area contributed by atoms with E-state index in [1.165, 1.54) is 0 Å². The van der Waals surface area contributed by atoms with Crippen molar-refractivity contribution in [3.05, 3.63) is 91.0 Å². The molecule has 0 aliphatic heterocycles. The lowest BCUT2D eigenvalue weighted by molar-refractivity contribution is -0.148. The zero-order chi connectivity index (χ0) is 29.2. The quantitative estimate of drug-likeness (QED) is 0.137. The van der Waals surface area contributed by atoms with Crippen LogP contribution in [-0.4, -0.2) is 48.2 Å². The van der Waals surface area contributed by atoms with Gasteiger partial charge in [0.25, 0.3) is 0 Å². The Morgan fingerprint density at radius 3 is 2.38 bits per heavy atom. The summed E-state index contributed by atoms with van der Waals surface area (Å²) in [4.78, 5) is 37.3. The summed E-state index contributed by atoms with van der Waals surface area (Å²) in [6.07, 6.45) is 5.21. The van der Waals surface area contributed by atoms with E-state index in [-0.39, 0.29) is 37.4 Å². The van der Waals surface area contributed by atoms with E-state index in [1.807, 2.05) is 54.6 Å². The van der Waals surface area contributed by atoms with Crippen molar-refractivity contribution in [3.8, 4) is 5.75 Å². The number of hydrogen-bond donors (Lipinski definition) is 3. The number of nitrogens with one attached hydrogen (secondary N) is 2. The van der Waals surface area contributed by atoms with Crippen LogP contribution in [0.2, 0.25) is 0 Å². The van der Waals surface area contributed by atoms with E-state index in [1.54, 1.807) is 19.1 Å². The lowest BCUT2D eigenvalue weighted by atomic mass is 9.99. The summed E-state index contributed by atoms with van der Waals surface area (Å²) in [5.41, 5.74) is 2.01. The molecule has 0 radical (unpaired) electrons. The van der Waals surface area contributed by atoms with Gasteiger partial charge in [-0.1, -0.05) is 54.6 Å². The highest BCUT2D eigenvalue weighted by atomic mass is 16.5. The molecule has 0 saturated heterocycles. The topological polar surface area (TPSA) is 114 Å². The number of aliphatic hydroxyl groups is 1. The predicted octanol–water partition coefficient (Wildman–Crippen LogP) is 4.27. The summed E-state index contributed by atoms with van der Waals surface area (Å²) in [6.45, 7) is 9.39. The molecule has 216 valence electrons. The molecule has 0 spiro atoms. The Morgan fingerprint density at radius 2 is 1.73 bits per heavy atom. The number of allylic oxidation sites excluding steroid dienone is 2. The minimum absolute atomic E-state index is 0.0592. The number of amides is 2. The Morgan fingerprint density at radius 1 is 1.00 bits per heavy atom. The fraction of sp³-hybridized carbons (Fsp3) is 0.406. The fourth-order valence-corrected chi connectivity index (χ4v) is 4.01. The van der Waals surface area contributed by atoms with Gasteiger partial charge in [0.2, 0.25) is 11.8 Å². The first-order chi connectivity index (χ1) is 19.3. The molecule has 3 N–H and O–H groups in total. The lowest BCUT2D eigenvalue weighted by Gasteiger charge is -2.20. The van der Waals surface area contributed by atoms with Gasteiger partial charge in [0.1, 0.15) is 18.5 Å². The number of aliphatic hydroxyl groups excluding tert-OH is 1. The summed E-state index contributed by atoms with van der Waals surface area (Å²) < 4.78 is 11.1. The van der Waals surface area contributed by atoms with E-state index in [9.17, 15) is 19.5 Å². The van der Waals surface area contributed by atoms with E-state index in [4.69, 9.17) is 9.47 Å². The molecule has 2 aromatic rings. The number of hydrogen-bond acceptors (Lipinski definition) is 6. The summed E-state index contributed by atoms with van der Waals surface area (Å²) >= 11 is 0. The van der Waals surface area contributed by atoms with Crippen LogP contribution in [0.4, 0.5) is 0 Å². The number of carbonyl (C=O) groups excluding carboxylic acids is 3. The molecule has 0 aromatic heterocycles. The lowest BCUT2D eigenvalue weighted by Crippen LogP contribution is -2.42. The molecule has 2 amide bonds. The van der Waals surface area contributed by atoms with Gasteiger partial charge in [-0.2, -0.15) is 0 Å². The predicted molar refractivity (Wildman–Crippen MR) is 155 cm³/mol. The SMILES string of the molecule is C=CCCCC(=O)O[C@@H](C)CNC(=O)[C@@H](CC=C)CC(=O)N[C@H](CO)Cc1ccc(OCc2ccccc2)cc1. The Bertz CT molecular complexity index is 1070. The van der Waals surface area contributed by atoms with E-state index in [0.717, 1.165) is 23.3 Å². The van der Waals surface area contributed by atoms with Crippen molar-refractivity contribution >= 4 is 17.8 Å². The van der Waals surface area contributed by atoms with Crippen LogP contribution in [0.5, 0.6) is 5.75 Å². The molecule has 0 aliphatic rings. The second kappa shape index (κ2) is 18.4. The van der Waals surface area contributed by atoms with Gasteiger partial charge < -0.3 is 25.2 Å². The summed E-state index contributed by atoms with van der Waals surface area (Å²) in [5.74, 6) is -0.891. The van der Waals surface area contributed by atoms with E-state index < -0.39 is 18.1 Å². The molecule has 0 saturated carbocycles. The van der Waals surface area contributed by atoms with Crippen LogP contribution >= 0.6 is 0 Å². The highest BCUT2D eigenvalue weighted by Gasteiger charge is 2.23. The first-order valence-corrected chi connectivity index (χ1v) is 13.7. The number of benzene rings is 2. The summed E-state index contributed by atoms with van der Waals surface area (Å²) in [7, 11) is 0. The maximum atomic E-state index is 12.7. The number of unbranched alkanes of at least 4 members (excludes halogenated alkanes) is 1. The Hall–Kier alpha value is -3.91. The second-order valence-corrected chi connectivity index (χ2v) is 9.72. The maximum absolute atomic E-state index is 12.7. The molecule has 2 aromatic carbocycles. The summed E-state index contributed by atoms with van der Waals surface area (Å²) in [6, 6.07) is 16.9. The molecular weight excluding hydrogens is 508 g/mol. The average molecular weight is 551 g/mol. The van der Waals surface area contributed by atoms with Crippen molar-refractivity contribution in [1.82, 2.24) is 10.6 Å². The number of rotatable bonds is 19. The van der Waals surface area contributed by atoms with Crippen molar-refractivity contribution in [2.75, 3.05) is 13.2 Å². The zero-order valence-electron chi connectivity index (χ0n) is 23.3. The third-order valence-electron chi connectivity index (χ3n) is 6.18. The smallest absolute Gasteiger partial charge is 0.306 e. The average Bonchev–Trinajstić information content (AvgIpc) is 2.95. The minimum Gasteiger partial charge on any atom is -0.489 e. The molecule has 0 heterocycles. The molecule has 8 nitrogen and oxygen atoms in total. The van der Waals surface area contributed by atoms with Crippen molar-refractivity contribution in [2.45, 2.75) is 64.2 Å². The van der Waals surface area contributed by atoms with Gasteiger partial charge in [0.15, 0.2) is 0 Å². The zero-order valence-corrected chi connectivity index (χ0v) is 23.3. The first-order valence-electron chi connectivity index (χ1n) is 13.7. The van der Waals surface area contributed by atoms with Crippen LogP contribution in [0.1, 0.15) is 50.2 Å². The van der Waals surface area contributed by atoms with Gasteiger partial charge in [0, 0.05) is 12.8 Å². The molecule has 2 rings (SSSR count). The standard InChI is InChI=1S/C32H42N2O6/c1-4-6-8-14-31(37)40-24(3)21-33-32(38)27(11-5-2)20-30(36)34-28(22-35)19-25-15-17-29(18-16-25)39-23-26-12-9-7-10-13-26/h4-5,7,9-10,12-13,15-18,24,27-28,35H,1-2,6,8,11,14,19-23H2,3H3,(H,33,38)(H,34,36)/t24-,27-,28-/m0/s1. The van der Waals surface area contributed by atoms with Gasteiger partial charge in [-0.3, -0.25) is 14.4 Å². The molecule has 0 fully saturated rings. The highest BCUT2D eigenvalue weighted by molar-refractivity contribution is 5.86. The molecule has 8 heteroatoms. The molecule has 3 atom stereocenters. The number of ether oxygens (including phenoxy) is 2. The third kappa shape index (κ3) is 12.8. The third-order valence-corrected chi connectivity index (χ3v) is 6.18. The van der Waals surface area contributed by atoms with Crippen molar-refractivity contribution in [2.24, 2.45) is 5.92 Å². The van der Waals surface area contributed by atoms with E-state index >= 15 is 0 Å². The fourth-order valence-electron chi connectivity index (χ4n) is 4.01. The van der Waals surface area contributed by atoms with Gasteiger partial charge in [0.05, 0.1) is 25.1 Å². The van der Waals surface area contributed by atoms with Crippen LogP contribution in [0.3, 0.4) is 0 Å². The highest BCUT2D eigenvalue weighted by Crippen LogP contribution is 2.16. The Balaban J connectivity index is 1.80. The largest absolute Gasteiger partial charge is 0.489 e. The molecule has 40 heavy (non-hydrogen) atoms. The van der Waals surface area contributed by atoms with Crippen LogP contribution in [0.25, 0.3) is 0 Å². The van der Waals surface area contributed by atoms with Crippen molar-refractivity contribution < 1.29 is 29.0 Å². The number of esters is 1. The van der Waals surface area contributed by atoms with Gasteiger partial charge in [-0.15, -0.1) is 13.2 Å². The van der Waals surface area contributed by atoms with E-state index in [2.05, 4.69) is 23.8 Å². The maximum Gasteiger partial charge on any atom is 0.306 e. The van der Waals surface area contributed by atoms with Crippen LogP contribution in [0, 0.1) is 5.92 Å². The van der Waals surface area contributed by atoms with Crippen molar-refractivity contribution in [3.63, 3.8) is 0 Å². The second-order valence-electron chi connectivity index (χ2n) is 9.72. The van der Waals surface area contributed by atoms with Gasteiger partial charge in [-0.05, 0) is 55.9 Å². The molecule has 0 aliphatic carbocycles. The van der Waals surface area contributed by atoms with Crippen LogP contribution in [-0.2, 0) is 32.1 Å². The Labute approximate surface area is 237 Å².